The van der Waals surface area contributed by atoms with E-state index in [4.69, 9.17) is 4.18 Å². The van der Waals surface area contributed by atoms with Gasteiger partial charge in [-0.25, -0.2) is 8.42 Å². The van der Waals surface area contributed by atoms with E-state index in [9.17, 15) is 21.4 Å². The predicted octanol–water partition coefficient (Wildman–Crippen LogP) is 5.88. The first-order valence-corrected chi connectivity index (χ1v) is 16.1. The molecule has 0 radical (unpaired) electrons. The Morgan fingerprint density at radius 2 is 1.45 bits per heavy atom. The van der Waals surface area contributed by atoms with E-state index in [0.717, 1.165) is 64.1 Å². The van der Waals surface area contributed by atoms with Crippen molar-refractivity contribution in [2.24, 2.45) is 0 Å². The van der Waals surface area contributed by atoms with Gasteiger partial charge in [-0.2, -0.15) is 8.42 Å². The van der Waals surface area contributed by atoms with Gasteiger partial charge >= 0.3 is 10.1 Å². The third-order valence-electron chi connectivity index (χ3n) is 6.51. The maximum atomic E-state index is 13.6. The second kappa shape index (κ2) is 10.3. The van der Waals surface area contributed by atoms with Crippen LogP contribution in [0.5, 0.6) is 5.75 Å². The third kappa shape index (κ3) is 5.70. The van der Waals surface area contributed by atoms with E-state index in [2.05, 4.69) is 45.2 Å². The zero-order valence-electron chi connectivity index (χ0n) is 18.0. The van der Waals surface area contributed by atoms with Gasteiger partial charge in [-0.1, -0.05) is 25.7 Å². The summed E-state index contributed by atoms with van der Waals surface area (Å²) in [6.45, 7) is 0. The van der Waals surface area contributed by atoms with Crippen LogP contribution in [-0.2, 0) is 33.1 Å². The zero-order chi connectivity index (χ0) is 23.8. The van der Waals surface area contributed by atoms with Crippen LogP contribution in [0.15, 0.2) is 34.1 Å². The fraction of sp³-hybridized carbons (Fsp3) is 0.478. The minimum atomic E-state index is -4.66. The standard InChI is InChI=1S/C23H26I2O6S2/c24-16-13-19(25)23(15-7-3-1-4-8-15)22(14-16)33(29,30)31-20-11-12-21(32(26,27)28)18-10-6-2-5-9-17(18)20/h11-15H,1-10H2,(H,26,27,28)/p-1. The Labute approximate surface area is 223 Å². The molecule has 2 aliphatic carbocycles. The molecule has 4 rings (SSSR count). The Balaban J connectivity index is 1.81. The van der Waals surface area contributed by atoms with Crippen LogP contribution in [0, 0.1) is 7.14 Å². The van der Waals surface area contributed by atoms with Crippen LogP contribution in [0.2, 0.25) is 0 Å². The average molecular weight is 715 g/mol. The Morgan fingerprint density at radius 3 is 2.12 bits per heavy atom. The Morgan fingerprint density at radius 1 is 0.818 bits per heavy atom. The predicted molar refractivity (Wildman–Crippen MR) is 141 cm³/mol. The highest BCUT2D eigenvalue weighted by atomic mass is 127. The quantitative estimate of drug-likeness (QED) is 0.166. The number of rotatable bonds is 5. The van der Waals surface area contributed by atoms with Crippen LogP contribution in [-0.4, -0.2) is 21.4 Å². The van der Waals surface area contributed by atoms with Crippen LogP contribution in [0.25, 0.3) is 0 Å². The summed E-state index contributed by atoms with van der Waals surface area (Å²) in [7, 11) is -8.83. The number of hydrogen-bond acceptors (Lipinski definition) is 6. The summed E-state index contributed by atoms with van der Waals surface area (Å²) in [5.74, 6) is 0.295. The van der Waals surface area contributed by atoms with Crippen molar-refractivity contribution in [3.8, 4) is 5.75 Å². The van der Waals surface area contributed by atoms with Gasteiger partial charge in [0, 0.05) is 12.7 Å². The van der Waals surface area contributed by atoms with E-state index in [0.29, 0.717) is 24.0 Å². The minimum absolute atomic E-state index is 0.128. The van der Waals surface area contributed by atoms with Crippen molar-refractivity contribution in [2.75, 3.05) is 0 Å². The molecule has 0 heterocycles. The van der Waals surface area contributed by atoms with Crippen LogP contribution in [0.3, 0.4) is 0 Å². The number of halogens is 2. The molecule has 1 saturated carbocycles. The lowest BCUT2D eigenvalue weighted by Gasteiger charge is -2.26. The lowest BCUT2D eigenvalue weighted by Crippen LogP contribution is -2.18. The molecule has 0 aromatic heterocycles. The fourth-order valence-electron chi connectivity index (χ4n) is 5.01. The summed E-state index contributed by atoms with van der Waals surface area (Å²) in [6, 6.07) is 6.17. The molecule has 1 fully saturated rings. The van der Waals surface area contributed by atoms with Gasteiger partial charge in [-0.05, 0) is 125 Å². The van der Waals surface area contributed by atoms with Crippen LogP contribution < -0.4 is 4.18 Å². The monoisotopic (exact) mass is 715 g/mol. The van der Waals surface area contributed by atoms with Gasteiger partial charge < -0.3 is 8.74 Å². The topological polar surface area (TPSA) is 101 Å². The van der Waals surface area contributed by atoms with Gasteiger partial charge in [-0.15, -0.1) is 0 Å². The molecule has 0 atom stereocenters. The van der Waals surface area contributed by atoms with E-state index < -0.39 is 20.2 Å². The third-order valence-corrected chi connectivity index (χ3v) is 10.2. The lowest BCUT2D eigenvalue weighted by molar-refractivity contribution is 0.433. The molecule has 2 aliphatic rings. The largest absolute Gasteiger partial charge is 0.744 e. The van der Waals surface area contributed by atoms with E-state index in [1.54, 1.807) is 6.07 Å². The second-order valence-electron chi connectivity index (χ2n) is 8.71. The van der Waals surface area contributed by atoms with E-state index in [-0.39, 0.29) is 21.5 Å². The summed E-state index contributed by atoms with van der Waals surface area (Å²) in [5.41, 5.74) is 1.74. The molecule has 2 aromatic rings. The molecule has 0 bridgehead atoms. The van der Waals surface area contributed by atoms with Crippen LogP contribution in [0.1, 0.15) is 74.0 Å². The first-order valence-electron chi connectivity index (χ1n) is 11.1. The first kappa shape index (κ1) is 25.6. The molecule has 180 valence electrons. The normalized spacial score (nSPS) is 17.9. The van der Waals surface area contributed by atoms with Crippen LogP contribution in [0.4, 0.5) is 0 Å². The van der Waals surface area contributed by atoms with Gasteiger partial charge in [0.15, 0.2) is 0 Å². The van der Waals surface area contributed by atoms with Gasteiger partial charge in [-0.3, -0.25) is 0 Å². The van der Waals surface area contributed by atoms with Crippen molar-refractivity contribution in [1.29, 1.82) is 0 Å². The van der Waals surface area contributed by atoms with Crippen molar-refractivity contribution in [3.63, 3.8) is 0 Å². The van der Waals surface area contributed by atoms with Crippen molar-refractivity contribution < 1.29 is 25.6 Å². The van der Waals surface area contributed by atoms with Crippen molar-refractivity contribution in [2.45, 2.75) is 79.9 Å². The summed E-state index contributed by atoms with van der Waals surface area (Å²) >= 11 is 4.33. The highest BCUT2D eigenvalue weighted by molar-refractivity contribution is 14.1. The maximum Gasteiger partial charge on any atom is 0.339 e. The number of benzene rings is 2. The zero-order valence-corrected chi connectivity index (χ0v) is 23.9. The molecule has 2 aromatic carbocycles. The van der Waals surface area contributed by atoms with E-state index in [1.807, 2.05) is 6.07 Å². The maximum absolute atomic E-state index is 13.6. The Kier molecular flexibility index (Phi) is 7.99. The molecule has 33 heavy (non-hydrogen) atoms. The summed E-state index contributed by atoms with van der Waals surface area (Å²) in [5, 5.41) is 0. The smallest absolute Gasteiger partial charge is 0.339 e. The molecule has 0 amide bonds. The van der Waals surface area contributed by atoms with Gasteiger partial charge in [0.05, 0.1) is 4.90 Å². The highest BCUT2D eigenvalue weighted by Crippen LogP contribution is 2.41. The average Bonchev–Trinajstić information content (AvgIpc) is 2.99. The van der Waals surface area contributed by atoms with Gasteiger partial charge in [0.25, 0.3) is 0 Å². The number of hydrogen-bond donors (Lipinski definition) is 0. The Bertz CT molecular complexity index is 1270. The summed E-state index contributed by atoms with van der Waals surface area (Å²) < 4.78 is 70.1. The highest BCUT2D eigenvalue weighted by Gasteiger charge is 2.30. The van der Waals surface area contributed by atoms with Crippen molar-refractivity contribution in [3.05, 3.63) is 48.1 Å². The second-order valence-corrected chi connectivity index (χ2v) is 14.0. The molecule has 0 saturated heterocycles. The van der Waals surface area contributed by atoms with Crippen molar-refractivity contribution in [1.82, 2.24) is 0 Å². The molecule has 0 spiro atoms. The Hall–Kier alpha value is -0.440. The SMILES string of the molecule is O=S(=O)([O-])c1ccc(OS(=O)(=O)c2cc(I)cc(I)c2C2CCCCC2)c2c1CCCCC2. The van der Waals surface area contributed by atoms with E-state index in [1.165, 1.54) is 12.1 Å². The van der Waals surface area contributed by atoms with Crippen LogP contribution >= 0.6 is 45.2 Å². The molecule has 0 unspecified atom stereocenters. The van der Waals surface area contributed by atoms with Gasteiger partial charge in [0.1, 0.15) is 20.8 Å². The molecule has 6 nitrogen and oxygen atoms in total. The first-order chi connectivity index (χ1) is 15.6. The molecule has 10 heteroatoms. The fourth-order valence-corrected chi connectivity index (χ4v) is 9.75. The summed E-state index contributed by atoms with van der Waals surface area (Å²) in [6.07, 6.45) is 8.50. The molecular weight excluding hydrogens is 690 g/mol. The minimum Gasteiger partial charge on any atom is -0.744 e. The summed E-state index contributed by atoms with van der Waals surface area (Å²) in [4.78, 5) is -0.0792. The molecule has 0 aliphatic heterocycles. The lowest BCUT2D eigenvalue weighted by atomic mass is 9.84. The number of fused-ring (bicyclic) bond motifs is 1. The molecule has 0 N–H and O–H groups in total. The molecular formula is C23H25I2O6S2-. The van der Waals surface area contributed by atoms with Gasteiger partial charge in [0.2, 0.25) is 0 Å². The van der Waals surface area contributed by atoms with Crippen molar-refractivity contribution >= 4 is 65.4 Å². The van der Waals surface area contributed by atoms with E-state index >= 15 is 0 Å².